The van der Waals surface area contributed by atoms with Gasteiger partial charge in [-0.2, -0.15) is 13.2 Å². The number of hydrogen-bond donors (Lipinski definition) is 1. The van der Waals surface area contributed by atoms with E-state index in [2.05, 4.69) is 4.98 Å². The van der Waals surface area contributed by atoms with Gasteiger partial charge < -0.3 is 10.0 Å². The number of piperidine rings is 1. The van der Waals surface area contributed by atoms with Crippen LogP contribution in [0.3, 0.4) is 0 Å². The first kappa shape index (κ1) is 18.0. The van der Waals surface area contributed by atoms with Crippen LogP contribution in [-0.4, -0.2) is 45.7 Å². The number of thioether (sulfide) groups is 1. The van der Waals surface area contributed by atoms with E-state index in [9.17, 15) is 22.8 Å². The fourth-order valence-electron chi connectivity index (χ4n) is 3.31. The second-order valence-corrected chi connectivity index (χ2v) is 7.51. The number of nitrogens with zero attached hydrogens (tertiary/aromatic N) is 2. The van der Waals surface area contributed by atoms with Crippen molar-refractivity contribution in [2.45, 2.75) is 30.5 Å². The largest absolute Gasteiger partial charge is 0.481 e. The Morgan fingerprint density at radius 3 is 2.48 bits per heavy atom. The molecule has 1 N–H and O–H groups in total. The summed E-state index contributed by atoms with van der Waals surface area (Å²) in [6, 6.07) is 2.21. The summed E-state index contributed by atoms with van der Waals surface area (Å²) in [4.78, 5) is 28.7. The summed E-state index contributed by atoms with van der Waals surface area (Å²) in [6.07, 6.45) is -1.59. The van der Waals surface area contributed by atoms with Crippen molar-refractivity contribution in [2.75, 3.05) is 18.8 Å². The molecule has 2 fully saturated rings. The van der Waals surface area contributed by atoms with Crippen molar-refractivity contribution in [1.82, 2.24) is 9.88 Å². The molecule has 0 radical (unpaired) electrons. The lowest BCUT2D eigenvalue weighted by Gasteiger charge is -2.32. The summed E-state index contributed by atoms with van der Waals surface area (Å²) in [5.74, 6) is -1.04. The highest BCUT2D eigenvalue weighted by Crippen LogP contribution is 2.59. The minimum absolute atomic E-state index is 0.103. The lowest BCUT2D eigenvalue weighted by atomic mass is 9.91. The van der Waals surface area contributed by atoms with Crippen molar-refractivity contribution in [3.05, 3.63) is 23.9 Å². The van der Waals surface area contributed by atoms with Gasteiger partial charge in [0.15, 0.2) is 0 Å². The second-order valence-electron chi connectivity index (χ2n) is 6.51. The molecule has 2 aliphatic rings. The van der Waals surface area contributed by atoms with Crippen LogP contribution in [0.15, 0.2) is 23.4 Å². The molecular formula is C16H17F3N2O3S. The number of carboxylic acid groups (broad SMARTS) is 1. The van der Waals surface area contributed by atoms with Crippen LogP contribution in [0.25, 0.3) is 0 Å². The van der Waals surface area contributed by atoms with Gasteiger partial charge in [0.25, 0.3) is 0 Å². The minimum atomic E-state index is -4.42. The molecular weight excluding hydrogens is 357 g/mol. The maximum Gasteiger partial charge on any atom is 0.417 e. The first-order valence-electron chi connectivity index (χ1n) is 7.88. The predicted octanol–water partition coefficient (Wildman–Crippen LogP) is 2.91. The Morgan fingerprint density at radius 1 is 1.32 bits per heavy atom. The zero-order valence-corrected chi connectivity index (χ0v) is 14.1. The minimum Gasteiger partial charge on any atom is -0.481 e. The fourth-order valence-corrected chi connectivity index (χ4v) is 4.06. The van der Waals surface area contributed by atoms with E-state index in [-0.39, 0.29) is 23.0 Å². The molecule has 0 bridgehead atoms. The van der Waals surface area contributed by atoms with E-state index < -0.39 is 17.7 Å². The van der Waals surface area contributed by atoms with E-state index >= 15 is 0 Å². The third kappa shape index (κ3) is 3.91. The standard InChI is InChI=1S/C16H17F3N2O3S/c17-16(18,19)10-1-2-12(20-8-10)25-9-13(22)21-5-3-15(4-6-21)7-11(15)14(23)24/h1-2,8,11H,3-7,9H2,(H,23,24). The number of likely N-dealkylation sites (tertiary alicyclic amines) is 1. The van der Waals surface area contributed by atoms with Gasteiger partial charge >= 0.3 is 12.1 Å². The number of hydrogen-bond acceptors (Lipinski definition) is 4. The van der Waals surface area contributed by atoms with Crippen LogP contribution >= 0.6 is 11.8 Å². The van der Waals surface area contributed by atoms with Crippen molar-refractivity contribution in [1.29, 1.82) is 0 Å². The molecule has 1 aromatic rings. The van der Waals surface area contributed by atoms with Gasteiger partial charge in [-0.25, -0.2) is 4.98 Å². The Morgan fingerprint density at radius 2 is 2.00 bits per heavy atom. The van der Waals surface area contributed by atoms with E-state index in [0.717, 1.165) is 24.0 Å². The number of halogens is 3. The van der Waals surface area contributed by atoms with Gasteiger partial charge in [-0.15, -0.1) is 0 Å². The quantitative estimate of drug-likeness (QED) is 0.821. The van der Waals surface area contributed by atoms with Crippen LogP contribution in [0.1, 0.15) is 24.8 Å². The normalized spacial score (nSPS) is 22.0. The summed E-state index contributed by atoms with van der Waals surface area (Å²) in [5, 5.41) is 9.43. The predicted molar refractivity (Wildman–Crippen MR) is 84.0 cm³/mol. The number of amides is 1. The molecule has 0 aromatic carbocycles. The van der Waals surface area contributed by atoms with Gasteiger partial charge in [-0.3, -0.25) is 9.59 Å². The highest BCUT2D eigenvalue weighted by Gasteiger charge is 2.59. The van der Waals surface area contributed by atoms with Crippen LogP contribution in [0.2, 0.25) is 0 Å². The fraction of sp³-hybridized carbons (Fsp3) is 0.562. The summed E-state index contributed by atoms with van der Waals surface area (Å²) in [7, 11) is 0. The molecule has 25 heavy (non-hydrogen) atoms. The van der Waals surface area contributed by atoms with Gasteiger partial charge in [-0.1, -0.05) is 11.8 Å². The van der Waals surface area contributed by atoms with Crippen LogP contribution in [0, 0.1) is 11.3 Å². The molecule has 9 heteroatoms. The summed E-state index contributed by atoms with van der Waals surface area (Å²) >= 11 is 1.10. The maximum absolute atomic E-state index is 12.5. The van der Waals surface area contributed by atoms with Crippen LogP contribution < -0.4 is 0 Å². The van der Waals surface area contributed by atoms with Crippen molar-refractivity contribution in [2.24, 2.45) is 11.3 Å². The number of carboxylic acids is 1. The number of alkyl halides is 3. The smallest absolute Gasteiger partial charge is 0.417 e. The molecule has 1 saturated carbocycles. The Kier molecular flexibility index (Phi) is 4.70. The molecule has 1 saturated heterocycles. The summed E-state index contributed by atoms with van der Waals surface area (Å²) < 4.78 is 37.4. The number of rotatable bonds is 4. The Bertz CT molecular complexity index is 670. The number of carbonyl (C=O) groups excluding carboxylic acids is 1. The first-order chi connectivity index (χ1) is 11.7. The van der Waals surface area contributed by atoms with E-state index in [4.69, 9.17) is 5.11 Å². The van der Waals surface area contributed by atoms with Crippen LogP contribution in [-0.2, 0) is 15.8 Å². The third-order valence-corrected chi connectivity index (χ3v) is 5.94. The molecule has 1 spiro atoms. The summed E-state index contributed by atoms with van der Waals surface area (Å²) in [6.45, 7) is 1.06. The molecule has 136 valence electrons. The zero-order valence-electron chi connectivity index (χ0n) is 13.3. The van der Waals surface area contributed by atoms with E-state index in [1.54, 1.807) is 4.90 Å². The second kappa shape index (κ2) is 6.51. The van der Waals surface area contributed by atoms with Gasteiger partial charge in [0.05, 0.1) is 22.3 Å². The molecule has 3 rings (SSSR count). The molecule has 1 amide bonds. The topological polar surface area (TPSA) is 70.5 Å². The Balaban J connectivity index is 1.47. The van der Waals surface area contributed by atoms with Crippen molar-refractivity contribution in [3.63, 3.8) is 0 Å². The van der Waals surface area contributed by atoms with Crippen molar-refractivity contribution < 1.29 is 27.9 Å². The Hall–Kier alpha value is -1.77. The van der Waals surface area contributed by atoms with E-state index in [1.165, 1.54) is 6.07 Å². The van der Waals surface area contributed by atoms with Crippen molar-refractivity contribution in [3.8, 4) is 0 Å². The number of aromatic nitrogens is 1. The van der Waals surface area contributed by atoms with E-state index in [1.807, 2.05) is 0 Å². The van der Waals surface area contributed by atoms with Gasteiger partial charge in [-0.05, 0) is 36.8 Å². The number of pyridine rings is 1. The number of aliphatic carboxylic acids is 1. The van der Waals surface area contributed by atoms with Crippen molar-refractivity contribution >= 4 is 23.6 Å². The lowest BCUT2D eigenvalue weighted by Crippen LogP contribution is -2.40. The highest BCUT2D eigenvalue weighted by molar-refractivity contribution is 7.99. The monoisotopic (exact) mass is 374 g/mol. The molecule has 5 nitrogen and oxygen atoms in total. The molecule has 2 heterocycles. The average Bonchev–Trinajstić information content (AvgIpc) is 3.27. The van der Waals surface area contributed by atoms with E-state index in [0.29, 0.717) is 37.4 Å². The third-order valence-electron chi connectivity index (χ3n) is 5.01. The molecule has 1 unspecified atom stereocenters. The van der Waals surface area contributed by atoms with Crippen LogP contribution in [0.5, 0.6) is 0 Å². The van der Waals surface area contributed by atoms with Gasteiger partial charge in [0.1, 0.15) is 0 Å². The molecule has 1 aliphatic carbocycles. The Labute approximate surface area is 146 Å². The molecule has 1 aliphatic heterocycles. The zero-order chi connectivity index (χ0) is 18.2. The maximum atomic E-state index is 12.5. The van der Waals surface area contributed by atoms with Gasteiger partial charge in [0, 0.05) is 19.3 Å². The van der Waals surface area contributed by atoms with Gasteiger partial charge in [0.2, 0.25) is 5.91 Å². The number of carbonyl (C=O) groups is 2. The van der Waals surface area contributed by atoms with Crippen LogP contribution in [0.4, 0.5) is 13.2 Å². The average molecular weight is 374 g/mol. The molecule has 1 atom stereocenters. The summed E-state index contributed by atoms with van der Waals surface area (Å²) in [5.41, 5.74) is -0.952. The SMILES string of the molecule is O=C(O)C1CC12CCN(C(=O)CSc1ccc(C(F)(F)F)cn1)CC2. The first-order valence-corrected chi connectivity index (χ1v) is 8.86. The molecule has 1 aromatic heterocycles. The highest BCUT2D eigenvalue weighted by atomic mass is 32.2. The lowest BCUT2D eigenvalue weighted by molar-refractivity contribution is -0.140.